The number of piperidine rings is 2. The number of carbonyl (C=O) groups is 1. The van der Waals surface area contributed by atoms with Gasteiger partial charge in [0.2, 0.25) is 0 Å². The molecule has 2 aliphatic rings. The molecule has 3 rings (SSSR count). The number of amides is 1. The molecule has 144 valence electrons. The number of alkyl halides is 2. The SMILES string of the molecule is CC(C)(C)OC(=O)N1C2CCCC1CC(O)(c1ccc(C(F)F)cc1)C2. The highest BCUT2D eigenvalue weighted by atomic mass is 19.3. The van der Waals surface area contributed by atoms with E-state index < -0.39 is 17.6 Å². The van der Waals surface area contributed by atoms with Crippen molar-refractivity contribution in [3.63, 3.8) is 0 Å². The molecule has 2 heterocycles. The van der Waals surface area contributed by atoms with E-state index in [2.05, 4.69) is 0 Å². The van der Waals surface area contributed by atoms with Crippen LogP contribution in [0.2, 0.25) is 0 Å². The Morgan fingerprint density at radius 2 is 1.73 bits per heavy atom. The molecule has 1 aromatic carbocycles. The van der Waals surface area contributed by atoms with E-state index in [9.17, 15) is 18.7 Å². The maximum atomic E-state index is 12.8. The summed E-state index contributed by atoms with van der Waals surface area (Å²) >= 11 is 0. The van der Waals surface area contributed by atoms with Gasteiger partial charge < -0.3 is 14.7 Å². The van der Waals surface area contributed by atoms with Crippen LogP contribution in [-0.4, -0.2) is 33.8 Å². The van der Waals surface area contributed by atoms with Gasteiger partial charge in [-0.05, 0) is 45.6 Å². The first-order chi connectivity index (χ1) is 12.1. The van der Waals surface area contributed by atoms with Gasteiger partial charge in [0.05, 0.1) is 5.60 Å². The number of rotatable bonds is 2. The van der Waals surface area contributed by atoms with Gasteiger partial charge >= 0.3 is 6.09 Å². The third-order valence-electron chi connectivity index (χ3n) is 5.31. The maximum Gasteiger partial charge on any atom is 0.410 e. The quantitative estimate of drug-likeness (QED) is 0.820. The summed E-state index contributed by atoms with van der Waals surface area (Å²) in [5.41, 5.74) is -1.08. The lowest BCUT2D eigenvalue weighted by Gasteiger charge is -2.51. The molecule has 1 N–H and O–H groups in total. The van der Waals surface area contributed by atoms with E-state index in [-0.39, 0.29) is 23.7 Å². The minimum atomic E-state index is -2.52. The van der Waals surface area contributed by atoms with Crippen LogP contribution >= 0.6 is 0 Å². The van der Waals surface area contributed by atoms with Crippen LogP contribution in [0.4, 0.5) is 13.6 Å². The average Bonchev–Trinajstić information content (AvgIpc) is 2.52. The van der Waals surface area contributed by atoms with Crippen molar-refractivity contribution < 1.29 is 23.4 Å². The topological polar surface area (TPSA) is 49.8 Å². The zero-order chi connectivity index (χ0) is 19.1. The zero-order valence-electron chi connectivity index (χ0n) is 15.5. The normalized spacial score (nSPS) is 29.0. The Kier molecular flexibility index (Phi) is 4.99. The fourth-order valence-electron chi connectivity index (χ4n) is 4.22. The Labute approximate surface area is 153 Å². The predicted molar refractivity (Wildman–Crippen MR) is 94.0 cm³/mol. The molecule has 0 aliphatic carbocycles. The summed E-state index contributed by atoms with van der Waals surface area (Å²) in [5.74, 6) is 0. The lowest BCUT2D eigenvalue weighted by Crippen LogP contribution is -2.59. The molecule has 2 saturated heterocycles. The highest BCUT2D eigenvalue weighted by Crippen LogP contribution is 2.45. The lowest BCUT2D eigenvalue weighted by atomic mass is 9.72. The second kappa shape index (κ2) is 6.80. The number of carbonyl (C=O) groups excluding carboxylic acids is 1. The number of aliphatic hydroxyl groups is 1. The van der Waals surface area contributed by atoms with Crippen LogP contribution in [0, 0.1) is 0 Å². The van der Waals surface area contributed by atoms with Crippen molar-refractivity contribution in [3.05, 3.63) is 35.4 Å². The maximum absolute atomic E-state index is 12.8. The van der Waals surface area contributed by atoms with Gasteiger partial charge in [-0.1, -0.05) is 24.3 Å². The number of hydrogen-bond donors (Lipinski definition) is 1. The monoisotopic (exact) mass is 367 g/mol. The van der Waals surface area contributed by atoms with Gasteiger partial charge in [0.1, 0.15) is 5.60 Å². The number of fused-ring (bicyclic) bond motifs is 2. The summed E-state index contributed by atoms with van der Waals surface area (Å²) in [6.07, 6.45) is 0.581. The Morgan fingerprint density at radius 3 is 2.19 bits per heavy atom. The molecule has 4 nitrogen and oxygen atoms in total. The number of halogens is 2. The van der Waals surface area contributed by atoms with E-state index >= 15 is 0 Å². The van der Waals surface area contributed by atoms with Crippen molar-refractivity contribution in [1.82, 2.24) is 4.90 Å². The molecule has 2 bridgehead atoms. The van der Waals surface area contributed by atoms with Crippen molar-refractivity contribution in [2.45, 2.75) is 82.6 Å². The predicted octanol–water partition coefficient (Wildman–Crippen LogP) is 4.76. The van der Waals surface area contributed by atoms with Crippen molar-refractivity contribution >= 4 is 6.09 Å². The average molecular weight is 367 g/mol. The molecule has 1 amide bonds. The van der Waals surface area contributed by atoms with Crippen LogP contribution in [-0.2, 0) is 10.3 Å². The standard InChI is InChI=1S/C20H27F2NO3/c1-19(2,3)26-18(24)23-15-5-4-6-16(23)12-20(25,11-15)14-9-7-13(8-10-14)17(21)22/h7-10,15-17,25H,4-6,11-12H2,1-3H3. The first kappa shape index (κ1) is 19.1. The molecule has 2 atom stereocenters. The van der Waals surface area contributed by atoms with Crippen molar-refractivity contribution in [2.24, 2.45) is 0 Å². The molecule has 0 radical (unpaired) electrons. The second-order valence-corrected chi connectivity index (χ2v) is 8.49. The Morgan fingerprint density at radius 1 is 1.19 bits per heavy atom. The van der Waals surface area contributed by atoms with Crippen molar-refractivity contribution in [1.29, 1.82) is 0 Å². The van der Waals surface area contributed by atoms with Crippen LogP contribution in [0.1, 0.15) is 70.4 Å². The summed E-state index contributed by atoms with van der Waals surface area (Å²) in [5, 5.41) is 11.2. The van der Waals surface area contributed by atoms with Crippen LogP contribution in [0.3, 0.4) is 0 Å². The lowest BCUT2D eigenvalue weighted by molar-refractivity contribution is -0.0965. The number of benzene rings is 1. The van der Waals surface area contributed by atoms with Gasteiger partial charge in [-0.3, -0.25) is 0 Å². The molecule has 26 heavy (non-hydrogen) atoms. The number of hydrogen-bond acceptors (Lipinski definition) is 3. The molecule has 0 aromatic heterocycles. The fraction of sp³-hybridized carbons (Fsp3) is 0.650. The zero-order valence-corrected chi connectivity index (χ0v) is 15.5. The number of nitrogens with zero attached hydrogens (tertiary/aromatic N) is 1. The van der Waals surface area contributed by atoms with E-state index in [4.69, 9.17) is 4.74 Å². The summed E-state index contributed by atoms with van der Waals surface area (Å²) in [6.45, 7) is 5.52. The highest BCUT2D eigenvalue weighted by molar-refractivity contribution is 5.69. The molecule has 2 aliphatic heterocycles. The van der Waals surface area contributed by atoms with E-state index in [1.165, 1.54) is 12.1 Å². The molecule has 1 aromatic rings. The smallest absolute Gasteiger partial charge is 0.410 e. The summed E-state index contributed by atoms with van der Waals surface area (Å²) in [6, 6.07) is 5.71. The van der Waals surface area contributed by atoms with Gasteiger partial charge in [-0.15, -0.1) is 0 Å². The van der Waals surface area contributed by atoms with Crippen LogP contribution < -0.4 is 0 Å². The summed E-state index contributed by atoms with van der Waals surface area (Å²) in [7, 11) is 0. The largest absolute Gasteiger partial charge is 0.444 e. The van der Waals surface area contributed by atoms with E-state index in [0.29, 0.717) is 18.4 Å². The second-order valence-electron chi connectivity index (χ2n) is 8.49. The summed E-state index contributed by atoms with van der Waals surface area (Å²) in [4.78, 5) is 14.4. The van der Waals surface area contributed by atoms with Crippen molar-refractivity contribution in [2.75, 3.05) is 0 Å². The molecular weight excluding hydrogens is 340 g/mol. The molecule has 0 spiro atoms. The van der Waals surface area contributed by atoms with E-state index in [1.807, 2.05) is 20.8 Å². The van der Waals surface area contributed by atoms with Gasteiger partial charge in [0.25, 0.3) is 6.43 Å². The molecule has 2 unspecified atom stereocenters. The molecule has 2 fully saturated rings. The first-order valence-corrected chi connectivity index (χ1v) is 9.21. The minimum absolute atomic E-state index is 0.0521. The summed E-state index contributed by atoms with van der Waals surface area (Å²) < 4.78 is 31.1. The molecule has 6 heteroatoms. The Hall–Kier alpha value is -1.69. The van der Waals surface area contributed by atoms with E-state index in [0.717, 1.165) is 19.3 Å². The molecule has 0 saturated carbocycles. The van der Waals surface area contributed by atoms with E-state index in [1.54, 1.807) is 17.0 Å². The van der Waals surface area contributed by atoms with Gasteiger partial charge in [-0.25, -0.2) is 13.6 Å². The van der Waals surface area contributed by atoms with Crippen molar-refractivity contribution in [3.8, 4) is 0 Å². The molecular formula is C20H27F2NO3. The van der Waals surface area contributed by atoms with Crippen LogP contribution in [0.15, 0.2) is 24.3 Å². The Balaban J connectivity index is 1.81. The van der Waals surface area contributed by atoms with Gasteiger partial charge in [0, 0.05) is 30.5 Å². The van der Waals surface area contributed by atoms with Gasteiger partial charge in [-0.2, -0.15) is 0 Å². The first-order valence-electron chi connectivity index (χ1n) is 9.21. The third kappa shape index (κ3) is 3.85. The fourth-order valence-corrected chi connectivity index (χ4v) is 4.22. The highest BCUT2D eigenvalue weighted by Gasteiger charge is 2.49. The van der Waals surface area contributed by atoms with Crippen LogP contribution in [0.25, 0.3) is 0 Å². The Bertz CT molecular complexity index is 640. The third-order valence-corrected chi connectivity index (χ3v) is 5.31. The van der Waals surface area contributed by atoms with Crippen LogP contribution in [0.5, 0.6) is 0 Å². The minimum Gasteiger partial charge on any atom is -0.444 e. The van der Waals surface area contributed by atoms with Gasteiger partial charge in [0.15, 0.2) is 0 Å². The number of ether oxygens (including phenoxy) is 1.